The Hall–Kier alpha value is -1.20. The zero-order valence-corrected chi connectivity index (χ0v) is 31.3. The Labute approximate surface area is 298 Å². The third kappa shape index (κ3) is 8.55. The zero-order valence-electron chi connectivity index (χ0n) is 29.5. The maximum absolute atomic E-state index is 14.3. The van der Waals surface area contributed by atoms with E-state index in [1.54, 1.807) is 12.2 Å². The fourth-order valence-corrected chi connectivity index (χ4v) is 11.3. The first kappa shape index (κ1) is 41.0. The van der Waals surface area contributed by atoms with Gasteiger partial charge < -0.3 is 44.3 Å². The predicted octanol–water partition coefficient (Wildman–Crippen LogP) is 2.98. The number of hydrogen-bond acceptors (Lipinski definition) is 14. The van der Waals surface area contributed by atoms with Crippen molar-refractivity contribution in [2.24, 2.45) is 34.3 Å². The molecular formula is C33H53NO15P2. The molecule has 1 saturated heterocycles. The van der Waals surface area contributed by atoms with E-state index in [1.807, 2.05) is 26.8 Å². The van der Waals surface area contributed by atoms with Crippen molar-refractivity contribution in [3.63, 3.8) is 0 Å². The second-order valence-electron chi connectivity index (χ2n) is 14.3. The van der Waals surface area contributed by atoms with Crippen LogP contribution < -0.4 is 5.73 Å². The van der Waals surface area contributed by atoms with Gasteiger partial charge in [0.2, 0.25) is 0 Å². The molecule has 0 amide bonds. The van der Waals surface area contributed by atoms with Crippen LogP contribution in [-0.4, -0.2) is 110 Å². The number of hydrogen-bond donors (Lipinski definition) is 4. The van der Waals surface area contributed by atoms with Crippen molar-refractivity contribution in [1.82, 2.24) is 0 Å². The van der Waals surface area contributed by atoms with E-state index in [4.69, 9.17) is 38.5 Å². The summed E-state index contributed by atoms with van der Waals surface area (Å²) < 4.78 is 68.1. The molecule has 4 fully saturated rings. The molecule has 0 bridgehead atoms. The van der Waals surface area contributed by atoms with Gasteiger partial charge in [-0.1, -0.05) is 38.8 Å². The number of carbonyl (C=O) groups is 2. The van der Waals surface area contributed by atoms with Crippen LogP contribution in [0.15, 0.2) is 23.8 Å². The average Bonchev–Trinajstić information content (AvgIpc) is 3.54. The van der Waals surface area contributed by atoms with Crippen LogP contribution in [0.2, 0.25) is 0 Å². The molecule has 5 aliphatic rings. The van der Waals surface area contributed by atoms with E-state index in [2.05, 4.69) is 4.31 Å². The van der Waals surface area contributed by atoms with Crippen molar-refractivity contribution in [3.05, 3.63) is 23.8 Å². The van der Waals surface area contributed by atoms with Gasteiger partial charge in [0.05, 0.1) is 58.5 Å². The molecule has 1 aliphatic heterocycles. The van der Waals surface area contributed by atoms with Crippen LogP contribution in [0, 0.1) is 28.6 Å². The van der Waals surface area contributed by atoms with E-state index in [-0.39, 0.29) is 49.8 Å². The summed E-state index contributed by atoms with van der Waals surface area (Å²) in [5.74, 6) is -1.13. The molecule has 5 N–H and O–H groups in total. The van der Waals surface area contributed by atoms with Gasteiger partial charge in [0.1, 0.15) is 6.61 Å². The molecule has 290 valence electrons. The number of rotatable bonds is 20. The normalized spacial score (nSPS) is 37.9. The molecule has 0 spiro atoms. The molecule has 5 rings (SSSR count). The summed E-state index contributed by atoms with van der Waals surface area (Å²) >= 11 is 0. The Morgan fingerprint density at radius 3 is 2.33 bits per heavy atom. The van der Waals surface area contributed by atoms with Crippen molar-refractivity contribution >= 4 is 27.2 Å². The number of allylic oxidation sites excluding steroid dienone is 4. The Morgan fingerprint density at radius 2 is 1.67 bits per heavy atom. The van der Waals surface area contributed by atoms with Gasteiger partial charge >= 0.3 is 15.6 Å². The number of nitrogens with two attached hydrogens (primary N) is 1. The first-order chi connectivity index (χ1) is 24.1. The van der Waals surface area contributed by atoms with E-state index >= 15 is 0 Å². The van der Waals surface area contributed by atoms with Crippen LogP contribution in [0.5, 0.6) is 0 Å². The molecule has 11 atom stereocenters. The number of phosphoric ester groups is 2. The van der Waals surface area contributed by atoms with Gasteiger partial charge in [0.15, 0.2) is 23.5 Å². The summed E-state index contributed by atoms with van der Waals surface area (Å²) in [6, 6.07) is 0. The molecule has 0 aromatic heterocycles. The molecule has 0 aromatic carbocycles. The fourth-order valence-electron chi connectivity index (χ4n) is 9.27. The molecule has 1 heterocycles. The van der Waals surface area contributed by atoms with Crippen LogP contribution in [0.25, 0.3) is 0 Å². The molecule has 0 aromatic rings. The van der Waals surface area contributed by atoms with Gasteiger partial charge in [0, 0.05) is 23.3 Å². The van der Waals surface area contributed by atoms with Crippen molar-refractivity contribution in [1.29, 1.82) is 0 Å². The lowest BCUT2D eigenvalue weighted by Crippen LogP contribution is -2.63. The third-order valence-electron chi connectivity index (χ3n) is 11.3. The number of phosphoric acid groups is 2. The minimum absolute atomic E-state index is 0.0333. The highest BCUT2D eigenvalue weighted by atomic mass is 31.3. The van der Waals surface area contributed by atoms with E-state index < -0.39 is 69.6 Å². The highest BCUT2D eigenvalue weighted by molar-refractivity contribution is 7.61. The number of ketones is 2. The van der Waals surface area contributed by atoms with Crippen LogP contribution in [0.1, 0.15) is 59.3 Å². The maximum atomic E-state index is 14.3. The number of carbonyl (C=O) groups excluding carboxylic acids is 2. The second-order valence-corrected chi connectivity index (χ2v) is 17.4. The van der Waals surface area contributed by atoms with Gasteiger partial charge in [-0.15, -0.1) is 0 Å². The molecule has 16 nitrogen and oxygen atoms in total. The summed E-state index contributed by atoms with van der Waals surface area (Å²) in [5.41, 5.74) is 3.22. The minimum atomic E-state index is -5.31. The van der Waals surface area contributed by atoms with E-state index in [9.17, 15) is 33.6 Å². The van der Waals surface area contributed by atoms with Gasteiger partial charge in [-0.2, -0.15) is 4.31 Å². The topological polar surface area (TPSA) is 229 Å². The summed E-state index contributed by atoms with van der Waals surface area (Å²) in [4.78, 5) is 46.9. The molecule has 3 unspecified atom stereocenters. The van der Waals surface area contributed by atoms with Crippen LogP contribution >= 0.6 is 15.6 Å². The van der Waals surface area contributed by atoms with Crippen LogP contribution in [0.3, 0.4) is 0 Å². The Kier molecular flexibility index (Phi) is 13.4. The Morgan fingerprint density at radius 1 is 1.02 bits per heavy atom. The van der Waals surface area contributed by atoms with E-state index in [1.165, 1.54) is 0 Å². The Balaban J connectivity index is 1.20. The van der Waals surface area contributed by atoms with Crippen molar-refractivity contribution in [2.75, 3.05) is 59.4 Å². The molecule has 51 heavy (non-hydrogen) atoms. The van der Waals surface area contributed by atoms with E-state index in [0.717, 1.165) is 5.57 Å². The molecule has 0 radical (unpaired) electrons. The summed E-state index contributed by atoms with van der Waals surface area (Å²) in [6.07, 6.45) is 6.05. The lowest BCUT2D eigenvalue weighted by molar-refractivity contribution is -0.200. The van der Waals surface area contributed by atoms with Crippen LogP contribution in [0.4, 0.5) is 0 Å². The number of ether oxygens (including phenoxy) is 5. The summed E-state index contributed by atoms with van der Waals surface area (Å²) in [5, 5.41) is 11.9. The monoisotopic (exact) mass is 765 g/mol. The molecule has 4 aliphatic carbocycles. The fraction of sp³-hybridized carbons (Fsp3) is 0.818. The number of aliphatic hydroxyl groups excluding tert-OH is 1. The molecular weight excluding hydrogens is 712 g/mol. The van der Waals surface area contributed by atoms with Gasteiger partial charge in [0.25, 0.3) is 0 Å². The van der Waals surface area contributed by atoms with E-state index in [0.29, 0.717) is 58.5 Å². The average molecular weight is 766 g/mol. The number of Topliss-reactive ketones (excluding diaryl/α,β-unsaturated/α-hetero) is 1. The van der Waals surface area contributed by atoms with Gasteiger partial charge in [-0.3, -0.25) is 18.6 Å². The SMILES string of the molecule is CCCC1O[C@@H]2C[C@H]3[C@@H]4CCC5=CC(=O)C=C[C@]5(C)[C@H]4[C@@H](O)C[C@]3(C)[C@]2(C(=O)COP(=O)(O)OP(=O)(O)OCCOCCOCCOCCN)O1. The Bertz CT molecular complexity index is 1430. The van der Waals surface area contributed by atoms with Crippen molar-refractivity contribution in [2.45, 2.75) is 83.4 Å². The quantitative estimate of drug-likeness (QED) is 0.103. The molecule has 3 saturated carbocycles. The highest BCUT2D eigenvalue weighted by Crippen LogP contribution is 2.70. The first-order valence-corrected chi connectivity index (χ1v) is 20.7. The first-order valence-electron chi connectivity index (χ1n) is 17.7. The van der Waals surface area contributed by atoms with Gasteiger partial charge in [-0.25, -0.2) is 9.13 Å². The lowest BCUT2D eigenvalue weighted by atomic mass is 9.46. The number of fused-ring (bicyclic) bond motifs is 7. The predicted molar refractivity (Wildman–Crippen MR) is 180 cm³/mol. The third-order valence-corrected chi connectivity index (χ3v) is 13.9. The highest BCUT2D eigenvalue weighted by Gasteiger charge is 2.75. The molecule has 18 heteroatoms. The second kappa shape index (κ2) is 16.7. The van der Waals surface area contributed by atoms with Crippen molar-refractivity contribution in [3.8, 4) is 0 Å². The van der Waals surface area contributed by atoms with Crippen molar-refractivity contribution < 1.29 is 70.7 Å². The maximum Gasteiger partial charge on any atom is 0.481 e. The lowest BCUT2D eigenvalue weighted by Gasteiger charge is -2.59. The largest absolute Gasteiger partial charge is 0.481 e. The minimum Gasteiger partial charge on any atom is -0.393 e. The summed E-state index contributed by atoms with van der Waals surface area (Å²) in [6.45, 7) is 6.28. The zero-order chi connectivity index (χ0) is 37.1. The standard InChI is InChI=1S/C33H53NO15P2/c1-4-5-29-47-28-19-25-24-7-6-22-18-23(35)8-9-31(22,2)30(24)26(36)20-32(25,3)33(28,48-29)27(37)21-46-51(40,41)49-50(38,39)45-17-16-44-15-14-43-13-12-42-11-10-34/h8-9,18,24-26,28-30,36H,4-7,10-17,19-21,34H2,1-3H3,(H,38,39)(H,40,41)/t24-,25-,26-,28+,29?,30+,31-,32-,33+/m0/s1. The smallest absolute Gasteiger partial charge is 0.393 e. The number of aliphatic hydroxyl groups is 1. The van der Waals surface area contributed by atoms with Gasteiger partial charge in [-0.05, 0) is 56.1 Å². The summed E-state index contributed by atoms with van der Waals surface area (Å²) in [7, 11) is -10.4. The van der Waals surface area contributed by atoms with Crippen LogP contribution in [-0.2, 0) is 55.8 Å².